The van der Waals surface area contributed by atoms with Crippen molar-refractivity contribution in [2.45, 2.75) is 114 Å². The summed E-state index contributed by atoms with van der Waals surface area (Å²) in [5.74, 6) is 1.68. The molecule has 150 valence electrons. The molecule has 0 bridgehead atoms. The lowest BCUT2D eigenvalue weighted by Crippen LogP contribution is -2.74. The van der Waals surface area contributed by atoms with E-state index in [0.717, 1.165) is 32.1 Å². The third-order valence-corrected chi connectivity index (χ3v) is 7.77. The van der Waals surface area contributed by atoms with Crippen molar-refractivity contribution in [2.75, 3.05) is 0 Å². The fraction of sp³-hybridized carbons (Fsp3) is 0.864. The summed E-state index contributed by atoms with van der Waals surface area (Å²) in [6, 6.07) is 1.16. The highest BCUT2D eigenvalue weighted by Gasteiger charge is 2.60. The molecule has 0 unspecified atom stereocenters. The first-order valence-electron chi connectivity index (χ1n) is 11.3. The number of rotatable bonds is 1. The second-order valence-corrected chi connectivity index (χ2v) is 9.53. The van der Waals surface area contributed by atoms with E-state index in [0.29, 0.717) is 24.1 Å². The van der Waals surface area contributed by atoms with Crippen molar-refractivity contribution in [3.8, 4) is 0 Å². The van der Waals surface area contributed by atoms with Gasteiger partial charge in [0, 0.05) is 19.3 Å². The highest BCUT2D eigenvalue weighted by Crippen LogP contribution is 2.44. The molecule has 2 saturated heterocycles. The first kappa shape index (κ1) is 18.0. The maximum Gasteiger partial charge on any atom is 0.350 e. The van der Waals surface area contributed by atoms with Crippen molar-refractivity contribution in [3.05, 3.63) is 12.2 Å². The van der Waals surface area contributed by atoms with Crippen molar-refractivity contribution < 1.29 is 14.0 Å². The second kappa shape index (κ2) is 6.48. The zero-order valence-electron chi connectivity index (χ0n) is 17.2. The van der Waals surface area contributed by atoms with E-state index in [1.165, 1.54) is 31.6 Å². The van der Waals surface area contributed by atoms with Gasteiger partial charge in [0.25, 0.3) is 0 Å². The molecule has 5 heterocycles. The lowest BCUT2D eigenvalue weighted by molar-refractivity contribution is -0.611. The van der Waals surface area contributed by atoms with Crippen molar-refractivity contribution in [1.82, 2.24) is 10.6 Å². The Labute approximate surface area is 163 Å². The van der Waals surface area contributed by atoms with Crippen LogP contribution in [0.15, 0.2) is 12.2 Å². The minimum absolute atomic E-state index is 0.215. The van der Waals surface area contributed by atoms with E-state index in [-0.39, 0.29) is 17.6 Å². The largest absolute Gasteiger partial charge is 0.350 e. The van der Waals surface area contributed by atoms with Crippen LogP contribution in [0.5, 0.6) is 0 Å². The number of nitrogens with one attached hydrogen (secondary N) is 2. The number of guanidine groups is 1. The number of hydrogen-bond donors (Lipinski definition) is 2. The van der Waals surface area contributed by atoms with Gasteiger partial charge in [-0.25, -0.2) is 10.6 Å². The van der Waals surface area contributed by atoms with Gasteiger partial charge in [0.2, 0.25) is 0 Å². The summed E-state index contributed by atoms with van der Waals surface area (Å²) in [4.78, 5) is 0. The molecule has 5 rings (SSSR count). The van der Waals surface area contributed by atoms with E-state index in [1.807, 2.05) is 0 Å². The van der Waals surface area contributed by atoms with E-state index < -0.39 is 0 Å². The van der Waals surface area contributed by atoms with Crippen LogP contribution in [0.3, 0.4) is 0 Å². The minimum Gasteiger partial charge on any atom is -0.340 e. The summed E-state index contributed by atoms with van der Waals surface area (Å²) in [5, 5.41) is 7.76. The zero-order valence-corrected chi connectivity index (χ0v) is 17.2. The van der Waals surface area contributed by atoms with E-state index in [1.54, 1.807) is 0 Å². The Morgan fingerprint density at radius 1 is 1.15 bits per heavy atom. The Morgan fingerprint density at radius 3 is 2.85 bits per heavy atom. The van der Waals surface area contributed by atoms with E-state index in [2.05, 4.69) is 48.1 Å². The van der Waals surface area contributed by atoms with Gasteiger partial charge in [0.05, 0.1) is 30.2 Å². The van der Waals surface area contributed by atoms with Crippen molar-refractivity contribution >= 4 is 5.96 Å². The van der Waals surface area contributed by atoms with E-state index in [4.69, 9.17) is 9.47 Å². The molecule has 2 fully saturated rings. The molecule has 5 aliphatic heterocycles. The molecular weight excluding hydrogens is 338 g/mol. The average Bonchev–Trinajstić information content (AvgIpc) is 2.96. The topological polar surface area (TPSA) is 45.5 Å². The fourth-order valence-corrected chi connectivity index (χ4v) is 6.35. The van der Waals surface area contributed by atoms with E-state index >= 15 is 0 Å². The van der Waals surface area contributed by atoms with Gasteiger partial charge in [-0.15, -0.1) is 0 Å². The van der Waals surface area contributed by atoms with Gasteiger partial charge in [-0.05, 0) is 45.4 Å². The van der Waals surface area contributed by atoms with Crippen molar-refractivity contribution in [2.24, 2.45) is 5.92 Å². The molecule has 0 aliphatic carbocycles. The molecule has 0 saturated carbocycles. The third kappa shape index (κ3) is 2.84. The minimum atomic E-state index is -0.245. The number of nitrogens with zero attached hydrogens (tertiary/aromatic N) is 1. The van der Waals surface area contributed by atoms with Crippen LogP contribution in [0.1, 0.15) is 78.6 Å². The molecule has 5 heteroatoms. The van der Waals surface area contributed by atoms with Gasteiger partial charge in [0.15, 0.2) is 11.4 Å². The van der Waals surface area contributed by atoms with Crippen LogP contribution >= 0.6 is 0 Å². The lowest BCUT2D eigenvalue weighted by atomic mass is 9.82. The Kier molecular flexibility index (Phi) is 4.32. The molecule has 7 atom stereocenters. The van der Waals surface area contributed by atoms with Crippen LogP contribution in [-0.2, 0) is 9.47 Å². The van der Waals surface area contributed by atoms with Crippen molar-refractivity contribution in [1.29, 1.82) is 0 Å². The molecule has 0 aromatic rings. The molecule has 0 aromatic heterocycles. The highest BCUT2D eigenvalue weighted by atomic mass is 16.5. The smallest absolute Gasteiger partial charge is 0.340 e. The number of ether oxygens (including phenoxy) is 2. The highest BCUT2D eigenvalue weighted by molar-refractivity contribution is 5.77. The van der Waals surface area contributed by atoms with Gasteiger partial charge in [-0.2, -0.15) is 0 Å². The molecule has 0 amide bonds. The fourth-order valence-electron chi connectivity index (χ4n) is 6.35. The summed E-state index contributed by atoms with van der Waals surface area (Å²) in [6.07, 6.45) is 15.4. The number of hydrogen-bond acceptors (Lipinski definition) is 4. The monoisotopic (exact) mass is 374 g/mol. The molecule has 0 radical (unpaired) electrons. The van der Waals surface area contributed by atoms with Gasteiger partial charge in [-0.1, -0.05) is 26.0 Å². The standard InChI is InChI=1S/C22H35N3O2/c1-4-18-9-5-6-12-21(27-18)14-17-10-11-19-16(3)22(13-7-8-15(2)26-22)24-20(23-21)25(17)19/h5,9,15-19H,4,6-8,10-14H2,1-3H3,(H,23,24)/p+1/t15-,16+,17+,18+,19-,21+,22-/m1/s1. The quantitative estimate of drug-likeness (QED) is 0.546. The van der Waals surface area contributed by atoms with Crippen molar-refractivity contribution in [3.63, 3.8) is 0 Å². The van der Waals surface area contributed by atoms with Gasteiger partial charge in [-0.3, -0.25) is 4.58 Å². The van der Waals surface area contributed by atoms with Crippen LogP contribution in [-0.4, -0.2) is 46.3 Å². The first-order chi connectivity index (χ1) is 13.0. The maximum atomic E-state index is 6.69. The summed E-state index contributed by atoms with van der Waals surface area (Å²) < 4.78 is 15.9. The molecular formula is C22H36N3O2+. The maximum absolute atomic E-state index is 6.69. The number of allylic oxidation sites excluding steroid dienone is 1. The summed E-state index contributed by atoms with van der Waals surface area (Å²) in [5.41, 5.74) is -0.466. The summed E-state index contributed by atoms with van der Waals surface area (Å²) >= 11 is 0. The van der Waals surface area contributed by atoms with Crippen LogP contribution in [0.2, 0.25) is 0 Å². The van der Waals surface area contributed by atoms with Crippen LogP contribution < -0.4 is 10.6 Å². The van der Waals surface area contributed by atoms with Crippen LogP contribution in [0, 0.1) is 5.92 Å². The molecule has 2 spiro atoms. The Morgan fingerprint density at radius 2 is 2.04 bits per heavy atom. The van der Waals surface area contributed by atoms with Crippen LogP contribution in [0.25, 0.3) is 0 Å². The molecule has 2 N–H and O–H groups in total. The zero-order chi connectivity index (χ0) is 18.6. The average molecular weight is 375 g/mol. The van der Waals surface area contributed by atoms with Gasteiger partial charge < -0.3 is 9.47 Å². The van der Waals surface area contributed by atoms with Gasteiger partial charge >= 0.3 is 5.96 Å². The Balaban J connectivity index is 1.48. The first-order valence-corrected chi connectivity index (χ1v) is 11.3. The predicted octanol–water partition coefficient (Wildman–Crippen LogP) is 3.25. The van der Waals surface area contributed by atoms with Crippen LogP contribution in [0.4, 0.5) is 0 Å². The summed E-state index contributed by atoms with van der Waals surface area (Å²) in [7, 11) is 0. The predicted molar refractivity (Wildman–Crippen MR) is 106 cm³/mol. The molecule has 0 aromatic carbocycles. The molecule has 5 nitrogen and oxygen atoms in total. The lowest BCUT2D eigenvalue weighted by Gasteiger charge is -2.50. The second-order valence-electron chi connectivity index (χ2n) is 9.53. The SMILES string of the molecule is CC[C@H]1C=CCC[C@@]2(C[C@@H]3CC[C@@H]4[C@H](C)[C@]5(CCC[C@@H](C)O5)NC(=[N+]34)N2)O1. The Bertz CT molecular complexity index is 662. The van der Waals surface area contributed by atoms with E-state index in [9.17, 15) is 0 Å². The Hall–Kier alpha value is -1.07. The third-order valence-electron chi connectivity index (χ3n) is 7.77. The molecule has 27 heavy (non-hydrogen) atoms. The summed E-state index contributed by atoms with van der Waals surface area (Å²) in [6.45, 7) is 6.85. The molecule has 5 aliphatic rings. The van der Waals surface area contributed by atoms with Gasteiger partial charge in [0.1, 0.15) is 0 Å². The normalized spacial score (nSPS) is 48.9.